The second-order valence-electron chi connectivity index (χ2n) is 9.14. The highest BCUT2D eigenvalue weighted by Crippen LogP contribution is 2.41. The number of anilines is 2. The smallest absolute Gasteiger partial charge is 0.408 e. The number of aromatic nitrogens is 2. The lowest BCUT2D eigenvalue weighted by molar-refractivity contribution is -0.160. The van der Waals surface area contributed by atoms with E-state index in [-0.39, 0.29) is 22.1 Å². The number of nitrogens with zero attached hydrogens (tertiary/aromatic N) is 3. The van der Waals surface area contributed by atoms with Crippen molar-refractivity contribution in [3.63, 3.8) is 0 Å². The highest BCUT2D eigenvalue weighted by Gasteiger charge is 2.38. The standard InChI is InChI=1S/C26H29F4N5O3S/c1-14-22-19(12-20(23(14)37-4)35-39-9-5-6-10-39)31-13-32-24(22)34-18-8-7-17(27)11-21(18)38-15(2)25(36)33-16(3)26(28,29)30/h7-8,11-13,15-16H,5-6,9-10H2,1-4H3,(H,33,36)(H,31,32,34)/t15-,16+/m1/s1. The minimum atomic E-state index is -4.61. The van der Waals surface area contributed by atoms with Gasteiger partial charge in [-0.25, -0.2) is 18.7 Å². The van der Waals surface area contributed by atoms with E-state index in [0.717, 1.165) is 48.6 Å². The van der Waals surface area contributed by atoms with Gasteiger partial charge in [-0.2, -0.15) is 13.2 Å². The number of alkyl halides is 3. The minimum Gasteiger partial charge on any atom is -0.494 e. The number of hydrogen-bond acceptors (Lipinski definition) is 7. The van der Waals surface area contributed by atoms with Gasteiger partial charge < -0.3 is 20.1 Å². The molecule has 8 nitrogen and oxygen atoms in total. The molecule has 0 radical (unpaired) electrons. The summed E-state index contributed by atoms with van der Waals surface area (Å²) < 4.78 is 68.9. The van der Waals surface area contributed by atoms with Gasteiger partial charge in [0.15, 0.2) is 6.10 Å². The molecule has 210 valence electrons. The zero-order valence-electron chi connectivity index (χ0n) is 21.9. The second-order valence-corrected chi connectivity index (χ2v) is 11.1. The predicted molar refractivity (Wildman–Crippen MR) is 143 cm³/mol. The molecule has 1 saturated heterocycles. The van der Waals surface area contributed by atoms with Crippen LogP contribution in [0.25, 0.3) is 10.9 Å². The largest absolute Gasteiger partial charge is 0.494 e. The van der Waals surface area contributed by atoms with Crippen LogP contribution in [0.15, 0.2) is 35.0 Å². The fourth-order valence-electron chi connectivity index (χ4n) is 4.15. The van der Waals surface area contributed by atoms with E-state index in [1.807, 2.05) is 18.3 Å². The molecular weight excluding hydrogens is 538 g/mol. The van der Waals surface area contributed by atoms with Crippen molar-refractivity contribution in [3.05, 3.63) is 42.0 Å². The molecule has 1 aromatic heterocycles. The number of aryl methyl sites for hydroxylation is 1. The van der Waals surface area contributed by atoms with Gasteiger partial charge in [-0.1, -0.05) is 10.7 Å². The normalized spacial score (nSPS) is 15.6. The zero-order valence-corrected chi connectivity index (χ0v) is 22.7. The molecule has 0 unspecified atom stereocenters. The minimum absolute atomic E-state index is 0.0635. The van der Waals surface area contributed by atoms with Crippen LogP contribution in [-0.4, -0.2) is 52.8 Å². The molecule has 0 aliphatic carbocycles. The third-order valence-corrected chi connectivity index (χ3v) is 8.23. The molecule has 1 aliphatic heterocycles. The molecule has 2 atom stereocenters. The van der Waals surface area contributed by atoms with Crippen LogP contribution < -0.4 is 20.1 Å². The highest BCUT2D eigenvalue weighted by molar-refractivity contribution is 7.87. The number of carbonyl (C=O) groups excluding carboxylic acids is 1. The number of nitrogens with one attached hydrogen (secondary N) is 2. The molecule has 1 fully saturated rings. The second kappa shape index (κ2) is 11.7. The molecule has 0 bridgehead atoms. The Hall–Kier alpha value is -3.48. The lowest BCUT2D eigenvalue weighted by atomic mass is 10.1. The number of benzene rings is 2. The molecule has 4 rings (SSSR count). The summed E-state index contributed by atoms with van der Waals surface area (Å²) in [5, 5.41) is 5.59. The van der Waals surface area contributed by atoms with Crippen LogP contribution in [0.5, 0.6) is 11.5 Å². The number of hydrogen-bond donors (Lipinski definition) is 2. The van der Waals surface area contributed by atoms with E-state index < -0.39 is 30.0 Å². The Morgan fingerprint density at radius 2 is 1.87 bits per heavy atom. The van der Waals surface area contributed by atoms with Crippen LogP contribution in [0, 0.1) is 12.7 Å². The number of amides is 1. The summed E-state index contributed by atoms with van der Waals surface area (Å²) in [4.78, 5) is 21.1. The Morgan fingerprint density at radius 3 is 2.54 bits per heavy atom. The molecule has 1 amide bonds. The average molecular weight is 568 g/mol. The monoisotopic (exact) mass is 567 g/mol. The lowest BCUT2D eigenvalue weighted by Crippen LogP contribution is -2.47. The fraction of sp³-hybridized carbons (Fsp3) is 0.423. The average Bonchev–Trinajstić information content (AvgIpc) is 3.38. The van der Waals surface area contributed by atoms with Crippen molar-refractivity contribution in [2.75, 3.05) is 23.9 Å². The van der Waals surface area contributed by atoms with Crippen LogP contribution in [0.3, 0.4) is 0 Å². The molecule has 3 aromatic rings. The number of rotatable bonds is 8. The van der Waals surface area contributed by atoms with Gasteiger partial charge in [0.25, 0.3) is 5.91 Å². The Labute approximate surface area is 225 Å². The molecule has 0 saturated carbocycles. The maximum absolute atomic E-state index is 14.1. The van der Waals surface area contributed by atoms with E-state index in [9.17, 15) is 22.4 Å². The van der Waals surface area contributed by atoms with E-state index in [2.05, 4.69) is 15.3 Å². The SMILES string of the molecule is COc1c(N=S2CCCC2)cc2ncnc(Nc3ccc(F)cc3O[C@H](C)C(=O)N[C@@H](C)C(F)(F)F)c2c1C. The first-order chi connectivity index (χ1) is 18.5. The molecule has 2 N–H and O–H groups in total. The Morgan fingerprint density at radius 1 is 1.15 bits per heavy atom. The molecular formula is C26H29F4N5O3S. The first kappa shape index (κ1) is 28.5. The van der Waals surface area contributed by atoms with Gasteiger partial charge in [-0.3, -0.25) is 4.79 Å². The van der Waals surface area contributed by atoms with E-state index in [4.69, 9.17) is 13.8 Å². The van der Waals surface area contributed by atoms with Gasteiger partial charge in [-0.05, 0) is 51.8 Å². The number of methoxy groups -OCH3 is 1. The summed E-state index contributed by atoms with van der Waals surface area (Å²) in [6.45, 7) is 3.96. The van der Waals surface area contributed by atoms with E-state index in [1.54, 1.807) is 7.11 Å². The van der Waals surface area contributed by atoms with Gasteiger partial charge in [-0.15, -0.1) is 0 Å². The summed E-state index contributed by atoms with van der Waals surface area (Å²) >= 11 is 0. The number of carbonyl (C=O) groups is 1. The first-order valence-corrected chi connectivity index (χ1v) is 13.8. The van der Waals surface area contributed by atoms with Crippen LogP contribution in [0.2, 0.25) is 0 Å². The van der Waals surface area contributed by atoms with Crippen LogP contribution in [-0.2, 0) is 15.5 Å². The van der Waals surface area contributed by atoms with Gasteiger partial charge in [0.1, 0.15) is 41.2 Å². The Bertz CT molecular complexity index is 1410. The quantitative estimate of drug-likeness (QED) is 0.330. The van der Waals surface area contributed by atoms with Crippen molar-refractivity contribution in [1.29, 1.82) is 0 Å². The summed E-state index contributed by atoms with van der Waals surface area (Å²) in [6.07, 6.45) is -2.28. The first-order valence-electron chi connectivity index (χ1n) is 12.3. The van der Waals surface area contributed by atoms with E-state index in [1.165, 1.54) is 25.4 Å². The summed E-state index contributed by atoms with van der Waals surface area (Å²) in [6, 6.07) is 3.38. The van der Waals surface area contributed by atoms with Gasteiger partial charge in [0, 0.05) is 28.5 Å². The lowest BCUT2D eigenvalue weighted by Gasteiger charge is -2.22. The van der Waals surface area contributed by atoms with Crippen molar-refractivity contribution < 1.29 is 31.8 Å². The highest BCUT2D eigenvalue weighted by atomic mass is 32.2. The number of halogens is 4. The maximum Gasteiger partial charge on any atom is 0.408 e. The summed E-state index contributed by atoms with van der Waals surface area (Å²) in [5.41, 5.74) is 2.33. The molecule has 2 heterocycles. The van der Waals surface area contributed by atoms with Gasteiger partial charge in [0.05, 0.1) is 18.3 Å². The molecule has 13 heteroatoms. The molecule has 2 aromatic carbocycles. The van der Waals surface area contributed by atoms with Crippen LogP contribution in [0.1, 0.15) is 32.3 Å². The Kier molecular flexibility index (Phi) is 8.57. The fourth-order valence-corrected chi connectivity index (χ4v) is 6.03. The van der Waals surface area contributed by atoms with Crippen LogP contribution in [0.4, 0.5) is 34.8 Å². The van der Waals surface area contributed by atoms with E-state index >= 15 is 0 Å². The van der Waals surface area contributed by atoms with Crippen molar-refractivity contribution in [2.24, 2.45) is 4.36 Å². The summed E-state index contributed by atoms with van der Waals surface area (Å²) in [7, 11) is 1.51. The van der Waals surface area contributed by atoms with Crippen molar-refractivity contribution in [2.45, 2.75) is 51.9 Å². The number of ether oxygens (including phenoxy) is 2. The Balaban J connectivity index is 1.66. The van der Waals surface area contributed by atoms with Gasteiger partial charge >= 0.3 is 6.18 Å². The van der Waals surface area contributed by atoms with Crippen molar-refractivity contribution >= 4 is 44.7 Å². The zero-order chi connectivity index (χ0) is 28.3. The van der Waals surface area contributed by atoms with Crippen molar-refractivity contribution in [3.8, 4) is 11.5 Å². The molecule has 0 spiro atoms. The molecule has 39 heavy (non-hydrogen) atoms. The third-order valence-electron chi connectivity index (χ3n) is 6.26. The maximum atomic E-state index is 14.1. The number of fused-ring (bicyclic) bond motifs is 1. The predicted octanol–water partition coefficient (Wildman–Crippen LogP) is 5.89. The summed E-state index contributed by atoms with van der Waals surface area (Å²) in [5.74, 6) is 1.33. The van der Waals surface area contributed by atoms with Gasteiger partial charge in [0.2, 0.25) is 0 Å². The topological polar surface area (TPSA) is 97.7 Å². The third kappa shape index (κ3) is 6.57. The molecule has 1 aliphatic rings. The van der Waals surface area contributed by atoms with E-state index in [0.29, 0.717) is 22.5 Å². The van der Waals surface area contributed by atoms with Crippen LogP contribution >= 0.6 is 0 Å². The van der Waals surface area contributed by atoms with Crippen molar-refractivity contribution in [1.82, 2.24) is 15.3 Å².